The minimum Gasteiger partial charge on any atom is -0.0928 e. The molecule has 0 aromatic carbocycles. The molecule has 0 fully saturated rings. The third-order valence-corrected chi connectivity index (χ3v) is 2.08. The first-order valence-corrected chi connectivity index (χ1v) is 4.26. The van der Waals surface area contributed by atoms with Gasteiger partial charge in [0.15, 0.2) is 0 Å². The lowest BCUT2D eigenvalue weighted by molar-refractivity contribution is 0.557. The molecule has 0 aromatic rings. The van der Waals surface area contributed by atoms with Crippen molar-refractivity contribution in [3.05, 3.63) is 12.2 Å². The van der Waals surface area contributed by atoms with E-state index < -0.39 is 0 Å². The molecule has 0 aromatic heterocycles. The molecule has 0 bridgehead atoms. The average Bonchev–Trinajstić information content (AvgIpc) is 2.19. The largest absolute Gasteiger partial charge is 0.0928 e. The zero-order chi connectivity index (χ0) is 5.82. The Bertz CT molecular complexity index is 78.4. The summed E-state index contributed by atoms with van der Waals surface area (Å²) in [5, 5.41) is 1.17. The van der Waals surface area contributed by atoms with Gasteiger partial charge in [0.2, 0.25) is 0 Å². The van der Waals surface area contributed by atoms with Gasteiger partial charge in [0.25, 0.3) is 0 Å². The van der Waals surface area contributed by atoms with Crippen LogP contribution in [0.15, 0.2) is 12.2 Å². The Hall–Kier alpha value is 0.220. The lowest BCUT2D eigenvalue weighted by atomic mass is 10.1. The SMILES string of the molecule is BrCCC1CC=CC1. The van der Waals surface area contributed by atoms with Gasteiger partial charge in [0.1, 0.15) is 0 Å². The summed E-state index contributed by atoms with van der Waals surface area (Å²) in [6.45, 7) is 0. The van der Waals surface area contributed by atoms with Gasteiger partial charge in [-0.05, 0) is 25.2 Å². The molecule has 0 heterocycles. The van der Waals surface area contributed by atoms with Gasteiger partial charge < -0.3 is 0 Å². The van der Waals surface area contributed by atoms with E-state index in [1.165, 1.54) is 24.6 Å². The lowest BCUT2D eigenvalue weighted by Crippen LogP contribution is -1.92. The van der Waals surface area contributed by atoms with Crippen LogP contribution in [0.1, 0.15) is 19.3 Å². The number of hydrogen-bond donors (Lipinski definition) is 0. The Balaban J connectivity index is 2.10. The van der Waals surface area contributed by atoms with Crippen LogP contribution in [0.2, 0.25) is 0 Å². The molecule has 0 unspecified atom stereocenters. The molecule has 0 nitrogen and oxygen atoms in total. The molecule has 0 radical (unpaired) electrons. The lowest BCUT2D eigenvalue weighted by Gasteiger charge is -2.03. The molecule has 0 aliphatic heterocycles. The van der Waals surface area contributed by atoms with E-state index in [9.17, 15) is 0 Å². The van der Waals surface area contributed by atoms with Crippen LogP contribution >= 0.6 is 15.9 Å². The first kappa shape index (κ1) is 6.34. The molecule has 1 aliphatic carbocycles. The van der Waals surface area contributed by atoms with Crippen LogP contribution in [0.5, 0.6) is 0 Å². The topological polar surface area (TPSA) is 0 Å². The Kier molecular flexibility index (Phi) is 2.60. The van der Waals surface area contributed by atoms with E-state index in [0.29, 0.717) is 0 Å². The van der Waals surface area contributed by atoms with E-state index in [1.807, 2.05) is 0 Å². The van der Waals surface area contributed by atoms with Gasteiger partial charge in [0, 0.05) is 5.33 Å². The molecule has 0 atom stereocenters. The molecule has 46 valence electrons. The first-order chi connectivity index (χ1) is 3.93. The highest BCUT2D eigenvalue weighted by Crippen LogP contribution is 2.21. The van der Waals surface area contributed by atoms with Gasteiger partial charge in [-0.25, -0.2) is 0 Å². The van der Waals surface area contributed by atoms with E-state index in [4.69, 9.17) is 0 Å². The first-order valence-electron chi connectivity index (χ1n) is 3.14. The van der Waals surface area contributed by atoms with Crippen molar-refractivity contribution < 1.29 is 0 Å². The van der Waals surface area contributed by atoms with Crippen molar-refractivity contribution in [2.45, 2.75) is 19.3 Å². The van der Waals surface area contributed by atoms with E-state index in [0.717, 1.165) is 5.92 Å². The summed E-state index contributed by atoms with van der Waals surface area (Å²) < 4.78 is 0. The Morgan fingerprint density at radius 2 is 2.00 bits per heavy atom. The predicted octanol–water partition coefficient (Wildman–Crippen LogP) is 2.74. The zero-order valence-corrected chi connectivity index (χ0v) is 6.52. The highest BCUT2D eigenvalue weighted by molar-refractivity contribution is 9.09. The summed E-state index contributed by atoms with van der Waals surface area (Å²) >= 11 is 3.43. The van der Waals surface area contributed by atoms with E-state index in [-0.39, 0.29) is 0 Å². The summed E-state index contributed by atoms with van der Waals surface area (Å²) in [5.41, 5.74) is 0. The van der Waals surface area contributed by atoms with Gasteiger partial charge in [0.05, 0.1) is 0 Å². The fourth-order valence-corrected chi connectivity index (χ4v) is 1.71. The highest BCUT2D eigenvalue weighted by atomic mass is 79.9. The fraction of sp³-hybridized carbons (Fsp3) is 0.714. The molecule has 1 heteroatoms. The van der Waals surface area contributed by atoms with Crippen LogP contribution in [-0.2, 0) is 0 Å². The van der Waals surface area contributed by atoms with Crippen LogP contribution in [0.3, 0.4) is 0 Å². The average molecular weight is 175 g/mol. The molecular formula is C7H11Br. The van der Waals surface area contributed by atoms with Gasteiger partial charge in [-0.2, -0.15) is 0 Å². The van der Waals surface area contributed by atoms with Crippen molar-refractivity contribution in [1.82, 2.24) is 0 Å². The standard InChI is InChI=1S/C7H11Br/c8-6-5-7-3-1-2-4-7/h1-2,7H,3-6H2. The predicted molar refractivity (Wildman–Crippen MR) is 40.3 cm³/mol. The zero-order valence-electron chi connectivity index (χ0n) is 4.94. The van der Waals surface area contributed by atoms with Crippen molar-refractivity contribution in [3.63, 3.8) is 0 Å². The molecule has 1 rings (SSSR count). The van der Waals surface area contributed by atoms with Crippen molar-refractivity contribution in [2.24, 2.45) is 5.92 Å². The van der Waals surface area contributed by atoms with Crippen molar-refractivity contribution >= 4 is 15.9 Å². The van der Waals surface area contributed by atoms with Crippen LogP contribution in [0.4, 0.5) is 0 Å². The normalized spacial score (nSPS) is 20.1. The number of hydrogen-bond acceptors (Lipinski definition) is 0. The maximum absolute atomic E-state index is 3.43. The van der Waals surface area contributed by atoms with Gasteiger partial charge >= 0.3 is 0 Å². The van der Waals surface area contributed by atoms with E-state index in [2.05, 4.69) is 28.1 Å². The summed E-state index contributed by atoms with van der Waals surface area (Å²) in [7, 11) is 0. The second-order valence-electron chi connectivity index (χ2n) is 2.29. The number of alkyl halides is 1. The van der Waals surface area contributed by atoms with E-state index >= 15 is 0 Å². The molecule has 0 saturated heterocycles. The van der Waals surface area contributed by atoms with Crippen molar-refractivity contribution in [2.75, 3.05) is 5.33 Å². The Morgan fingerprint density at radius 3 is 2.50 bits per heavy atom. The van der Waals surface area contributed by atoms with Crippen LogP contribution < -0.4 is 0 Å². The van der Waals surface area contributed by atoms with Crippen LogP contribution in [0.25, 0.3) is 0 Å². The second kappa shape index (κ2) is 3.29. The Labute approximate surface area is 59.1 Å². The molecule has 0 amide bonds. The molecule has 0 N–H and O–H groups in total. The van der Waals surface area contributed by atoms with Gasteiger partial charge in [-0.1, -0.05) is 28.1 Å². The minimum atomic E-state index is 0.953. The smallest absolute Gasteiger partial charge is 0.00341 e. The van der Waals surface area contributed by atoms with Crippen molar-refractivity contribution in [3.8, 4) is 0 Å². The quantitative estimate of drug-likeness (QED) is 0.447. The molecular weight excluding hydrogens is 164 g/mol. The molecule has 1 aliphatic rings. The number of halogens is 1. The summed E-state index contributed by atoms with van der Waals surface area (Å²) in [6, 6.07) is 0. The monoisotopic (exact) mass is 174 g/mol. The minimum absolute atomic E-state index is 0.953. The third-order valence-electron chi connectivity index (χ3n) is 1.62. The van der Waals surface area contributed by atoms with Gasteiger partial charge in [-0.15, -0.1) is 0 Å². The third kappa shape index (κ3) is 1.62. The summed E-state index contributed by atoms with van der Waals surface area (Å²) in [6.07, 6.45) is 8.53. The Morgan fingerprint density at radius 1 is 1.38 bits per heavy atom. The van der Waals surface area contributed by atoms with Gasteiger partial charge in [-0.3, -0.25) is 0 Å². The van der Waals surface area contributed by atoms with Crippen molar-refractivity contribution in [1.29, 1.82) is 0 Å². The maximum Gasteiger partial charge on any atom is 0.00341 e. The van der Waals surface area contributed by atoms with Crippen LogP contribution in [0, 0.1) is 5.92 Å². The highest BCUT2D eigenvalue weighted by Gasteiger charge is 2.07. The second-order valence-corrected chi connectivity index (χ2v) is 3.08. The molecule has 0 spiro atoms. The number of rotatable bonds is 2. The summed E-state index contributed by atoms with van der Waals surface area (Å²) in [4.78, 5) is 0. The molecule has 0 saturated carbocycles. The fourth-order valence-electron chi connectivity index (χ4n) is 1.06. The summed E-state index contributed by atoms with van der Waals surface area (Å²) in [5.74, 6) is 0.953. The van der Waals surface area contributed by atoms with E-state index in [1.54, 1.807) is 0 Å². The molecule has 8 heavy (non-hydrogen) atoms. The maximum atomic E-state index is 3.43. The number of allylic oxidation sites excluding steroid dienone is 2. The van der Waals surface area contributed by atoms with Crippen LogP contribution in [-0.4, -0.2) is 5.33 Å².